The SMILES string of the molecule is COC(=O)C1CC(C(C)(C)CCCC(C)C(C)(C)C)CCC1C(=O)O. The lowest BCUT2D eigenvalue weighted by molar-refractivity contribution is -0.159. The monoisotopic (exact) mass is 354 g/mol. The van der Waals surface area contributed by atoms with Crippen molar-refractivity contribution < 1.29 is 19.4 Å². The Bertz CT molecular complexity index is 461. The largest absolute Gasteiger partial charge is 0.481 e. The van der Waals surface area contributed by atoms with E-state index in [1.807, 2.05) is 0 Å². The molecule has 1 fully saturated rings. The van der Waals surface area contributed by atoms with Gasteiger partial charge in [-0.25, -0.2) is 0 Å². The summed E-state index contributed by atoms with van der Waals surface area (Å²) >= 11 is 0. The lowest BCUT2D eigenvalue weighted by Gasteiger charge is -2.41. The topological polar surface area (TPSA) is 63.6 Å². The third kappa shape index (κ3) is 6.00. The molecule has 0 bridgehead atoms. The number of hydrogen-bond acceptors (Lipinski definition) is 3. The van der Waals surface area contributed by atoms with E-state index in [9.17, 15) is 14.7 Å². The Morgan fingerprint density at radius 1 is 1.12 bits per heavy atom. The number of ether oxygens (including phenoxy) is 1. The first kappa shape index (κ1) is 22.0. The van der Waals surface area contributed by atoms with Crippen molar-refractivity contribution in [1.29, 1.82) is 0 Å². The van der Waals surface area contributed by atoms with Crippen LogP contribution in [0.15, 0.2) is 0 Å². The molecule has 1 rings (SSSR count). The summed E-state index contributed by atoms with van der Waals surface area (Å²) in [6.07, 6.45) is 5.58. The van der Waals surface area contributed by atoms with E-state index in [0.29, 0.717) is 30.1 Å². The highest BCUT2D eigenvalue weighted by Crippen LogP contribution is 2.46. The van der Waals surface area contributed by atoms with Crippen molar-refractivity contribution in [2.75, 3.05) is 7.11 Å². The van der Waals surface area contributed by atoms with Gasteiger partial charge in [-0.1, -0.05) is 54.4 Å². The number of esters is 1. The van der Waals surface area contributed by atoms with Crippen LogP contribution in [0.25, 0.3) is 0 Å². The summed E-state index contributed by atoms with van der Waals surface area (Å²) in [6, 6.07) is 0. The molecule has 0 spiro atoms. The second-order valence-corrected chi connectivity index (χ2v) is 9.73. The molecule has 25 heavy (non-hydrogen) atoms. The molecule has 4 unspecified atom stereocenters. The average molecular weight is 355 g/mol. The Hall–Kier alpha value is -1.06. The van der Waals surface area contributed by atoms with Gasteiger partial charge in [0.25, 0.3) is 0 Å². The first-order valence-electron chi connectivity index (χ1n) is 9.70. The van der Waals surface area contributed by atoms with Crippen LogP contribution >= 0.6 is 0 Å². The van der Waals surface area contributed by atoms with Crippen molar-refractivity contribution in [3.05, 3.63) is 0 Å². The number of rotatable bonds is 7. The zero-order valence-electron chi connectivity index (χ0n) is 17.2. The van der Waals surface area contributed by atoms with E-state index >= 15 is 0 Å². The Labute approximate surface area is 153 Å². The van der Waals surface area contributed by atoms with Gasteiger partial charge in [0.2, 0.25) is 0 Å². The predicted molar refractivity (Wildman–Crippen MR) is 100 cm³/mol. The van der Waals surface area contributed by atoms with Crippen LogP contribution in [0.5, 0.6) is 0 Å². The molecule has 1 aliphatic rings. The van der Waals surface area contributed by atoms with Crippen molar-refractivity contribution in [1.82, 2.24) is 0 Å². The molecule has 0 radical (unpaired) electrons. The molecule has 0 heterocycles. The van der Waals surface area contributed by atoms with Crippen LogP contribution in [0.3, 0.4) is 0 Å². The lowest BCUT2D eigenvalue weighted by Crippen LogP contribution is -2.40. The summed E-state index contributed by atoms with van der Waals surface area (Å²) in [6.45, 7) is 13.7. The minimum Gasteiger partial charge on any atom is -0.481 e. The minimum atomic E-state index is -0.870. The fraction of sp³-hybridized carbons (Fsp3) is 0.905. The summed E-state index contributed by atoms with van der Waals surface area (Å²) in [7, 11) is 1.35. The van der Waals surface area contributed by atoms with E-state index in [4.69, 9.17) is 4.74 Å². The molecule has 4 atom stereocenters. The number of carboxylic acids is 1. The van der Waals surface area contributed by atoms with Crippen LogP contribution in [0.2, 0.25) is 0 Å². The van der Waals surface area contributed by atoms with E-state index in [-0.39, 0.29) is 11.4 Å². The first-order chi connectivity index (χ1) is 11.4. The standard InChI is InChI=1S/C21H38O4/c1-14(20(2,3)4)9-8-12-21(5,6)15-10-11-16(18(22)23)17(13-15)19(24)25-7/h14-17H,8-13H2,1-7H3,(H,22,23). The van der Waals surface area contributed by atoms with Gasteiger partial charge in [0.05, 0.1) is 18.9 Å². The highest BCUT2D eigenvalue weighted by atomic mass is 16.5. The molecule has 0 saturated heterocycles. The quantitative estimate of drug-likeness (QED) is 0.642. The van der Waals surface area contributed by atoms with Crippen LogP contribution in [-0.2, 0) is 14.3 Å². The molecule has 146 valence electrons. The highest BCUT2D eigenvalue weighted by Gasteiger charge is 2.44. The Morgan fingerprint density at radius 2 is 1.72 bits per heavy atom. The first-order valence-corrected chi connectivity index (χ1v) is 9.70. The van der Waals surface area contributed by atoms with Gasteiger partial charge in [-0.05, 0) is 48.3 Å². The number of methoxy groups -OCH3 is 1. The predicted octanol–water partition coefficient (Wildman–Crippen LogP) is 5.16. The third-order valence-corrected chi connectivity index (χ3v) is 6.71. The Balaban J connectivity index is 2.69. The van der Waals surface area contributed by atoms with Crippen molar-refractivity contribution in [2.45, 2.75) is 80.1 Å². The molecule has 1 N–H and O–H groups in total. The molecule has 4 heteroatoms. The molecule has 4 nitrogen and oxygen atoms in total. The fourth-order valence-electron chi connectivity index (χ4n) is 4.09. The molecule has 0 aliphatic heterocycles. The number of aliphatic carboxylic acids is 1. The normalized spacial score (nSPS) is 26.1. The van der Waals surface area contributed by atoms with Crippen molar-refractivity contribution in [3.8, 4) is 0 Å². The summed E-state index contributed by atoms with van der Waals surface area (Å²) in [4.78, 5) is 23.6. The summed E-state index contributed by atoms with van der Waals surface area (Å²) in [5.74, 6) is -1.29. The third-order valence-electron chi connectivity index (χ3n) is 6.71. The van der Waals surface area contributed by atoms with Gasteiger partial charge in [-0.15, -0.1) is 0 Å². The second kappa shape index (κ2) is 8.55. The number of hydrogen-bond donors (Lipinski definition) is 1. The lowest BCUT2D eigenvalue weighted by atomic mass is 9.63. The van der Waals surface area contributed by atoms with E-state index in [1.165, 1.54) is 20.0 Å². The molecule has 0 amide bonds. The zero-order chi connectivity index (χ0) is 19.4. The van der Waals surface area contributed by atoms with Gasteiger partial charge in [-0.3, -0.25) is 9.59 Å². The number of carbonyl (C=O) groups is 2. The average Bonchev–Trinajstić information content (AvgIpc) is 2.52. The maximum atomic E-state index is 12.1. The molecular weight excluding hydrogens is 316 g/mol. The van der Waals surface area contributed by atoms with E-state index in [1.54, 1.807) is 0 Å². The van der Waals surface area contributed by atoms with Crippen molar-refractivity contribution in [3.63, 3.8) is 0 Å². The highest BCUT2D eigenvalue weighted by molar-refractivity contribution is 5.81. The molecule has 0 aromatic heterocycles. The van der Waals surface area contributed by atoms with E-state index in [2.05, 4.69) is 41.5 Å². The maximum absolute atomic E-state index is 12.1. The summed E-state index contributed by atoms with van der Waals surface area (Å²) in [5, 5.41) is 9.41. The van der Waals surface area contributed by atoms with Gasteiger partial charge >= 0.3 is 11.9 Å². The Kier molecular flexibility index (Phi) is 7.52. The van der Waals surface area contributed by atoms with Crippen LogP contribution < -0.4 is 0 Å². The molecule has 1 saturated carbocycles. The van der Waals surface area contributed by atoms with Gasteiger partial charge in [0.1, 0.15) is 0 Å². The second-order valence-electron chi connectivity index (χ2n) is 9.73. The fourth-order valence-corrected chi connectivity index (χ4v) is 4.09. The molecule has 0 aromatic rings. The summed E-state index contributed by atoms with van der Waals surface area (Å²) in [5.41, 5.74) is 0.451. The molecular formula is C21H38O4. The van der Waals surface area contributed by atoms with Gasteiger partial charge in [0, 0.05) is 0 Å². The smallest absolute Gasteiger partial charge is 0.309 e. The van der Waals surface area contributed by atoms with Crippen LogP contribution in [0.4, 0.5) is 0 Å². The van der Waals surface area contributed by atoms with Crippen LogP contribution in [0.1, 0.15) is 80.1 Å². The van der Waals surface area contributed by atoms with E-state index < -0.39 is 17.8 Å². The minimum absolute atomic E-state index is 0.118. The van der Waals surface area contributed by atoms with Crippen LogP contribution in [-0.4, -0.2) is 24.2 Å². The van der Waals surface area contributed by atoms with Crippen molar-refractivity contribution >= 4 is 11.9 Å². The molecule has 1 aliphatic carbocycles. The van der Waals surface area contributed by atoms with Crippen molar-refractivity contribution in [2.24, 2.45) is 34.5 Å². The van der Waals surface area contributed by atoms with Gasteiger partial charge in [0.15, 0.2) is 0 Å². The zero-order valence-corrected chi connectivity index (χ0v) is 17.2. The van der Waals surface area contributed by atoms with Gasteiger partial charge in [-0.2, -0.15) is 0 Å². The van der Waals surface area contributed by atoms with E-state index in [0.717, 1.165) is 12.8 Å². The maximum Gasteiger partial charge on any atom is 0.309 e. The molecule has 0 aromatic carbocycles. The summed E-state index contributed by atoms with van der Waals surface area (Å²) < 4.78 is 4.88. The number of carboxylic acid groups (broad SMARTS) is 1. The Morgan fingerprint density at radius 3 is 2.20 bits per heavy atom. The number of carbonyl (C=O) groups excluding carboxylic acids is 1. The van der Waals surface area contributed by atoms with Gasteiger partial charge < -0.3 is 9.84 Å². The van der Waals surface area contributed by atoms with Crippen LogP contribution in [0, 0.1) is 34.5 Å².